The predicted molar refractivity (Wildman–Crippen MR) is 158 cm³/mol. The van der Waals surface area contributed by atoms with Gasteiger partial charge in [-0.25, -0.2) is 5.01 Å². The van der Waals surface area contributed by atoms with E-state index >= 15 is 0 Å². The molecule has 42 heavy (non-hydrogen) atoms. The second-order valence-electron chi connectivity index (χ2n) is 9.85. The molecule has 3 aromatic carbocycles. The van der Waals surface area contributed by atoms with E-state index in [1.165, 1.54) is 6.07 Å². The van der Waals surface area contributed by atoms with Crippen LogP contribution in [0.2, 0.25) is 5.02 Å². The number of carbonyl (C=O) groups is 1. The molecule has 2 atom stereocenters. The molecule has 212 valence electrons. The van der Waals surface area contributed by atoms with E-state index in [1.807, 2.05) is 30.3 Å². The summed E-state index contributed by atoms with van der Waals surface area (Å²) in [5.41, 5.74) is 2.09. The van der Waals surface area contributed by atoms with Gasteiger partial charge in [-0.15, -0.1) is 0 Å². The van der Waals surface area contributed by atoms with E-state index in [2.05, 4.69) is 21.2 Å². The number of fused-ring (bicyclic) bond motifs is 4. The lowest BCUT2D eigenvalue weighted by atomic mass is 9.96. The summed E-state index contributed by atoms with van der Waals surface area (Å²) in [4.78, 5) is 13.4. The van der Waals surface area contributed by atoms with E-state index < -0.39 is 17.6 Å². The summed E-state index contributed by atoms with van der Waals surface area (Å²) in [6.07, 6.45) is -2.28. The van der Waals surface area contributed by atoms with Crippen LogP contribution in [0, 0.1) is 0 Å². The second-order valence-corrected chi connectivity index (χ2v) is 12.2. The Kier molecular flexibility index (Phi) is 6.45. The van der Waals surface area contributed by atoms with Crippen molar-refractivity contribution in [2.45, 2.75) is 24.5 Å². The molecule has 3 aliphatic heterocycles. The number of halogens is 5. The average molecular weight is 673 g/mol. The van der Waals surface area contributed by atoms with Gasteiger partial charge in [0.25, 0.3) is 5.24 Å². The van der Waals surface area contributed by atoms with Gasteiger partial charge in [-0.1, -0.05) is 51.8 Å². The first-order valence-electron chi connectivity index (χ1n) is 12.7. The second kappa shape index (κ2) is 9.96. The van der Waals surface area contributed by atoms with Gasteiger partial charge in [-0.2, -0.15) is 18.3 Å². The molecule has 4 heterocycles. The largest absolute Gasteiger partial charge is 0.457 e. The van der Waals surface area contributed by atoms with Gasteiger partial charge < -0.3 is 9.15 Å². The van der Waals surface area contributed by atoms with Crippen LogP contribution in [-0.4, -0.2) is 21.8 Å². The summed E-state index contributed by atoms with van der Waals surface area (Å²) >= 11 is 10.6. The summed E-state index contributed by atoms with van der Waals surface area (Å²) in [5, 5.41) is 9.93. The standard InChI is InChI=1S/C30H18BrClF3N3O3S/c31-19-6-10-26-22(13-19)24-15-23(16-4-7-20(32)8-5-16)37-38(24)30(41-26)27(42-28(39)36-30)14-21-9-11-25(40-21)17-2-1-3-18(12-17)29(33,34)35/h1-14,24H,15H2,(H,36,39). The third-order valence-corrected chi connectivity index (χ3v) is 8.83. The van der Waals surface area contributed by atoms with Crippen LogP contribution in [-0.2, 0) is 6.18 Å². The molecule has 0 bridgehead atoms. The number of hydrazone groups is 1. The zero-order valence-corrected chi connectivity index (χ0v) is 24.4. The Morgan fingerprint density at radius 2 is 1.88 bits per heavy atom. The summed E-state index contributed by atoms with van der Waals surface area (Å²) in [7, 11) is 0. The van der Waals surface area contributed by atoms with Crippen LogP contribution in [0.3, 0.4) is 0 Å². The van der Waals surface area contributed by atoms with Crippen LogP contribution in [0.25, 0.3) is 17.4 Å². The average Bonchev–Trinajstić information content (AvgIpc) is 3.68. The Balaban J connectivity index is 1.31. The number of nitrogens with one attached hydrogen (secondary N) is 1. The van der Waals surface area contributed by atoms with Crippen molar-refractivity contribution in [3.8, 4) is 17.1 Å². The number of carbonyl (C=O) groups excluding carboxylic acids is 1. The molecule has 0 saturated carbocycles. The minimum atomic E-state index is -4.48. The van der Waals surface area contributed by atoms with E-state index in [0.717, 1.165) is 45.2 Å². The van der Waals surface area contributed by atoms with Crippen LogP contribution < -0.4 is 10.1 Å². The number of benzene rings is 3. The highest BCUT2D eigenvalue weighted by atomic mass is 79.9. The molecule has 0 radical (unpaired) electrons. The van der Waals surface area contributed by atoms with E-state index in [4.69, 9.17) is 25.9 Å². The monoisotopic (exact) mass is 671 g/mol. The first-order chi connectivity index (χ1) is 20.1. The molecule has 0 aliphatic carbocycles. The fourth-order valence-corrected chi connectivity index (χ4v) is 6.66. The lowest BCUT2D eigenvalue weighted by Crippen LogP contribution is -2.61. The summed E-state index contributed by atoms with van der Waals surface area (Å²) in [6.45, 7) is 0. The minimum absolute atomic E-state index is 0.256. The zero-order chi connectivity index (χ0) is 29.2. The number of hydrogen-bond donors (Lipinski definition) is 1. The number of alkyl halides is 3. The Morgan fingerprint density at radius 3 is 2.67 bits per heavy atom. The maximum absolute atomic E-state index is 13.3. The van der Waals surface area contributed by atoms with Gasteiger partial charge in [0.2, 0.25) is 0 Å². The Hall–Kier alpha value is -3.67. The van der Waals surface area contributed by atoms with Crippen LogP contribution in [0.5, 0.6) is 5.75 Å². The Morgan fingerprint density at radius 1 is 1.07 bits per heavy atom. The smallest absolute Gasteiger partial charge is 0.416 e. The normalized spacial score (nSPS) is 22.2. The number of nitrogens with zero attached hydrogens (tertiary/aromatic N) is 2. The molecule has 1 aromatic heterocycles. The maximum Gasteiger partial charge on any atom is 0.416 e. The van der Waals surface area contributed by atoms with Crippen LogP contribution in [0.1, 0.15) is 34.9 Å². The fraction of sp³-hybridized carbons (Fsp3) is 0.133. The lowest BCUT2D eigenvalue weighted by Gasteiger charge is -2.45. The molecule has 2 unspecified atom stereocenters. The van der Waals surface area contributed by atoms with E-state index in [-0.39, 0.29) is 22.6 Å². The predicted octanol–water partition coefficient (Wildman–Crippen LogP) is 9.08. The molecule has 6 nitrogen and oxygen atoms in total. The van der Waals surface area contributed by atoms with Crippen molar-refractivity contribution in [1.82, 2.24) is 10.3 Å². The van der Waals surface area contributed by atoms with Crippen LogP contribution >= 0.6 is 39.3 Å². The molecule has 3 aliphatic rings. The third kappa shape index (κ3) is 4.69. The van der Waals surface area contributed by atoms with Crippen molar-refractivity contribution >= 4 is 56.3 Å². The highest BCUT2D eigenvalue weighted by Gasteiger charge is 2.58. The maximum atomic E-state index is 13.3. The SMILES string of the molecule is O=C1NC2(Oc3ccc(Br)cc3C3CC(c4ccc(Cl)cc4)=NN32)C(=Cc2ccc(-c3cccc(C(F)(F)F)c3)o2)S1. The van der Waals surface area contributed by atoms with Gasteiger partial charge in [-0.3, -0.25) is 10.1 Å². The molecular weight excluding hydrogens is 655 g/mol. The van der Waals surface area contributed by atoms with E-state index in [0.29, 0.717) is 27.9 Å². The minimum Gasteiger partial charge on any atom is -0.457 e. The van der Waals surface area contributed by atoms with Gasteiger partial charge in [-0.05, 0) is 78.0 Å². The zero-order valence-electron chi connectivity index (χ0n) is 21.3. The molecule has 1 fully saturated rings. The molecule has 1 N–H and O–H groups in total. The number of hydrogen-bond acceptors (Lipinski definition) is 6. The van der Waals surface area contributed by atoms with E-state index in [9.17, 15) is 18.0 Å². The number of amides is 1. The van der Waals surface area contributed by atoms with Crippen LogP contribution in [0.4, 0.5) is 18.0 Å². The van der Waals surface area contributed by atoms with Gasteiger partial charge in [0.1, 0.15) is 17.3 Å². The lowest BCUT2D eigenvalue weighted by molar-refractivity contribution is -0.137. The summed E-state index contributed by atoms with van der Waals surface area (Å²) < 4.78 is 53.2. The number of ether oxygens (including phenoxy) is 1. The highest BCUT2D eigenvalue weighted by Crippen LogP contribution is 2.53. The first-order valence-corrected chi connectivity index (χ1v) is 14.7. The Bertz CT molecular complexity index is 1810. The molecule has 1 saturated heterocycles. The van der Waals surface area contributed by atoms with Crippen molar-refractivity contribution in [3.05, 3.63) is 116 Å². The van der Waals surface area contributed by atoms with Gasteiger partial charge in [0, 0.05) is 27.0 Å². The fourth-order valence-electron chi connectivity index (χ4n) is 5.27. The number of rotatable bonds is 3. The van der Waals surface area contributed by atoms with Crippen LogP contribution in [0.15, 0.2) is 97.8 Å². The summed E-state index contributed by atoms with van der Waals surface area (Å²) in [5.74, 6) is -0.288. The van der Waals surface area contributed by atoms with Crippen molar-refractivity contribution in [3.63, 3.8) is 0 Å². The van der Waals surface area contributed by atoms with Crippen molar-refractivity contribution < 1.29 is 27.1 Å². The molecule has 7 rings (SSSR count). The van der Waals surface area contributed by atoms with Gasteiger partial charge in [0.15, 0.2) is 0 Å². The quantitative estimate of drug-likeness (QED) is 0.235. The molecule has 12 heteroatoms. The summed E-state index contributed by atoms with van der Waals surface area (Å²) in [6, 6.07) is 20.9. The number of thioether (sulfide) groups is 1. The van der Waals surface area contributed by atoms with E-state index in [1.54, 1.807) is 41.4 Å². The highest BCUT2D eigenvalue weighted by molar-refractivity contribution is 9.10. The van der Waals surface area contributed by atoms with Gasteiger partial charge >= 0.3 is 12.0 Å². The van der Waals surface area contributed by atoms with Gasteiger partial charge in [0.05, 0.1) is 22.2 Å². The van der Waals surface area contributed by atoms with Crippen molar-refractivity contribution in [2.24, 2.45) is 5.10 Å². The van der Waals surface area contributed by atoms with Crippen molar-refractivity contribution in [2.75, 3.05) is 0 Å². The number of furan rings is 1. The van der Waals surface area contributed by atoms with Crippen molar-refractivity contribution in [1.29, 1.82) is 0 Å². The topological polar surface area (TPSA) is 67.1 Å². The molecule has 4 aromatic rings. The Labute approximate surface area is 255 Å². The molecule has 1 amide bonds. The molecular formula is C30H18BrClF3N3O3S. The molecule has 1 spiro atoms. The first kappa shape index (κ1) is 27.2. The third-order valence-electron chi connectivity index (χ3n) is 7.18.